The zero-order valence-corrected chi connectivity index (χ0v) is 11.3. The first kappa shape index (κ1) is 12.5. The lowest BCUT2D eigenvalue weighted by molar-refractivity contribution is 0.145. The molecule has 2 nitrogen and oxygen atoms in total. The second-order valence-corrected chi connectivity index (χ2v) is 5.37. The van der Waals surface area contributed by atoms with Crippen LogP contribution in [0, 0.1) is 6.92 Å². The second kappa shape index (κ2) is 5.25. The molecule has 0 bridgehead atoms. The Morgan fingerprint density at radius 1 is 1.21 bits per heavy atom. The first-order valence-corrected chi connectivity index (χ1v) is 6.93. The minimum absolute atomic E-state index is 0.607. The molecule has 19 heavy (non-hydrogen) atoms. The molecule has 0 unspecified atom stereocenters. The van der Waals surface area contributed by atoms with Gasteiger partial charge in [0.05, 0.1) is 0 Å². The van der Waals surface area contributed by atoms with Crippen molar-refractivity contribution in [2.75, 3.05) is 13.1 Å². The van der Waals surface area contributed by atoms with Crippen molar-refractivity contribution >= 4 is 10.8 Å². The van der Waals surface area contributed by atoms with Crippen molar-refractivity contribution in [1.82, 2.24) is 9.88 Å². The highest BCUT2D eigenvalue weighted by atomic mass is 19.1. The molecule has 0 aliphatic carbocycles. The van der Waals surface area contributed by atoms with E-state index in [0.717, 1.165) is 25.3 Å². The van der Waals surface area contributed by atoms with E-state index in [1.165, 1.54) is 16.3 Å². The number of nitrogens with zero attached hydrogens (tertiary/aromatic N) is 2. The second-order valence-electron chi connectivity index (χ2n) is 5.37. The van der Waals surface area contributed by atoms with E-state index in [1.54, 1.807) is 0 Å². The number of rotatable bonds is 2. The van der Waals surface area contributed by atoms with Gasteiger partial charge in [-0.2, -0.15) is 0 Å². The molecule has 0 radical (unpaired) electrons. The third-order valence-corrected chi connectivity index (χ3v) is 3.99. The molecule has 1 aliphatic heterocycles. The van der Waals surface area contributed by atoms with E-state index in [-0.39, 0.29) is 0 Å². The van der Waals surface area contributed by atoms with Gasteiger partial charge in [0.25, 0.3) is 0 Å². The fourth-order valence-electron chi connectivity index (χ4n) is 2.82. The average Bonchev–Trinajstić information content (AvgIpc) is 2.45. The van der Waals surface area contributed by atoms with Crippen LogP contribution in [-0.2, 0) is 6.54 Å². The Morgan fingerprint density at radius 2 is 1.89 bits per heavy atom. The summed E-state index contributed by atoms with van der Waals surface area (Å²) < 4.78 is 13.2. The largest absolute Gasteiger partial charge is 0.299 e. The zero-order valence-electron chi connectivity index (χ0n) is 11.3. The number of likely N-dealkylation sites (tertiary alicyclic amines) is 1. The highest BCUT2D eigenvalue weighted by Gasteiger charge is 2.19. The maximum absolute atomic E-state index is 13.2. The molecule has 3 rings (SSSR count). The quantitative estimate of drug-likeness (QED) is 0.820. The zero-order chi connectivity index (χ0) is 13.2. The van der Waals surface area contributed by atoms with Crippen molar-refractivity contribution in [1.29, 1.82) is 0 Å². The number of hydrogen-bond donors (Lipinski definition) is 0. The summed E-state index contributed by atoms with van der Waals surface area (Å²) in [6.07, 6.45) is 2.69. The standard InChI is InChI=1S/C16H19FN2/c1-12-15-4-2-3-5-16(15)13(10-18-12)11-19-8-6-14(17)7-9-19/h2-5,10,14H,6-9,11H2,1H3. The Kier molecular flexibility index (Phi) is 3.47. The van der Waals surface area contributed by atoms with Crippen LogP contribution in [-0.4, -0.2) is 29.1 Å². The lowest BCUT2D eigenvalue weighted by Crippen LogP contribution is -2.33. The lowest BCUT2D eigenvalue weighted by atomic mass is 10.0. The highest BCUT2D eigenvalue weighted by Crippen LogP contribution is 2.23. The molecule has 1 saturated heterocycles. The predicted octanol–water partition coefficient (Wildman–Crippen LogP) is 3.48. The SMILES string of the molecule is Cc1ncc(CN2CCC(F)CC2)c2ccccc12. The number of fused-ring (bicyclic) bond motifs is 1. The molecule has 0 amide bonds. The molecule has 1 fully saturated rings. The monoisotopic (exact) mass is 258 g/mol. The third-order valence-electron chi connectivity index (χ3n) is 3.99. The summed E-state index contributed by atoms with van der Waals surface area (Å²) in [7, 11) is 0. The number of aromatic nitrogens is 1. The first-order valence-electron chi connectivity index (χ1n) is 6.93. The van der Waals surface area contributed by atoms with Gasteiger partial charge in [-0.05, 0) is 30.7 Å². The summed E-state index contributed by atoms with van der Waals surface area (Å²) in [6, 6.07) is 8.39. The van der Waals surface area contributed by atoms with Gasteiger partial charge in [-0.1, -0.05) is 24.3 Å². The van der Waals surface area contributed by atoms with Crippen LogP contribution in [0.1, 0.15) is 24.1 Å². The van der Waals surface area contributed by atoms with Crippen molar-refractivity contribution in [3.05, 3.63) is 41.7 Å². The molecule has 0 spiro atoms. The molecule has 100 valence electrons. The van der Waals surface area contributed by atoms with Crippen LogP contribution in [0.25, 0.3) is 10.8 Å². The van der Waals surface area contributed by atoms with Gasteiger partial charge < -0.3 is 0 Å². The predicted molar refractivity (Wildman–Crippen MR) is 75.9 cm³/mol. The van der Waals surface area contributed by atoms with E-state index >= 15 is 0 Å². The Labute approximate surface area is 113 Å². The van der Waals surface area contributed by atoms with Crippen LogP contribution in [0.2, 0.25) is 0 Å². The topological polar surface area (TPSA) is 16.1 Å². The molecule has 0 saturated carbocycles. The normalized spacial score (nSPS) is 18.0. The number of hydrogen-bond acceptors (Lipinski definition) is 2. The Bertz CT molecular complexity index is 574. The summed E-state index contributed by atoms with van der Waals surface area (Å²) >= 11 is 0. The van der Waals surface area contributed by atoms with Crippen molar-refractivity contribution in [2.24, 2.45) is 0 Å². The molecule has 0 atom stereocenters. The number of pyridine rings is 1. The lowest BCUT2D eigenvalue weighted by Gasteiger charge is -2.28. The van der Waals surface area contributed by atoms with Gasteiger partial charge in [0.1, 0.15) is 6.17 Å². The number of halogens is 1. The summed E-state index contributed by atoms with van der Waals surface area (Å²) in [5.41, 5.74) is 2.32. The van der Waals surface area contributed by atoms with Crippen LogP contribution in [0.3, 0.4) is 0 Å². The van der Waals surface area contributed by atoms with E-state index in [4.69, 9.17) is 0 Å². The minimum atomic E-state index is -0.607. The van der Waals surface area contributed by atoms with E-state index in [1.807, 2.05) is 13.1 Å². The maximum atomic E-state index is 13.2. The van der Waals surface area contributed by atoms with Crippen LogP contribution in [0.5, 0.6) is 0 Å². The summed E-state index contributed by atoms with van der Waals surface area (Å²) in [5, 5.41) is 2.50. The first-order chi connectivity index (χ1) is 9.24. The summed E-state index contributed by atoms with van der Waals surface area (Å²) in [5.74, 6) is 0. The number of alkyl halides is 1. The molecular formula is C16H19FN2. The maximum Gasteiger partial charge on any atom is 0.103 e. The van der Waals surface area contributed by atoms with Crippen molar-refractivity contribution < 1.29 is 4.39 Å². The highest BCUT2D eigenvalue weighted by molar-refractivity contribution is 5.87. The van der Waals surface area contributed by atoms with E-state index in [0.29, 0.717) is 12.8 Å². The third kappa shape index (κ3) is 2.61. The van der Waals surface area contributed by atoms with Gasteiger partial charge >= 0.3 is 0 Å². The number of aryl methyl sites for hydroxylation is 1. The van der Waals surface area contributed by atoms with Gasteiger partial charge in [-0.15, -0.1) is 0 Å². The van der Waals surface area contributed by atoms with Gasteiger partial charge in [-0.3, -0.25) is 9.88 Å². The molecule has 1 aromatic heterocycles. The van der Waals surface area contributed by atoms with Gasteiger partial charge in [0.15, 0.2) is 0 Å². The van der Waals surface area contributed by atoms with Gasteiger partial charge in [-0.25, -0.2) is 4.39 Å². The number of benzene rings is 1. The molecular weight excluding hydrogens is 239 g/mol. The molecule has 2 heterocycles. The van der Waals surface area contributed by atoms with Gasteiger partial charge in [0.2, 0.25) is 0 Å². The number of piperidine rings is 1. The van der Waals surface area contributed by atoms with E-state index in [2.05, 4.69) is 34.1 Å². The van der Waals surface area contributed by atoms with Crippen LogP contribution in [0.4, 0.5) is 4.39 Å². The Balaban J connectivity index is 1.87. The molecule has 2 aromatic rings. The summed E-state index contributed by atoms with van der Waals surface area (Å²) in [6.45, 7) is 4.62. The van der Waals surface area contributed by atoms with Gasteiger partial charge in [0, 0.05) is 36.9 Å². The van der Waals surface area contributed by atoms with Crippen molar-refractivity contribution in [3.63, 3.8) is 0 Å². The van der Waals surface area contributed by atoms with Crippen LogP contribution in [0.15, 0.2) is 30.5 Å². The van der Waals surface area contributed by atoms with Crippen LogP contribution >= 0.6 is 0 Å². The van der Waals surface area contributed by atoms with Crippen molar-refractivity contribution in [2.45, 2.75) is 32.5 Å². The smallest absolute Gasteiger partial charge is 0.103 e. The van der Waals surface area contributed by atoms with Crippen molar-refractivity contribution in [3.8, 4) is 0 Å². The fourth-order valence-corrected chi connectivity index (χ4v) is 2.82. The Hall–Kier alpha value is -1.48. The molecule has 1 aliphatic rings. The average molecular weight is 258 g/mol. The molecule has 1 aromatic carbocycles. The summed E-state index contributed by atoms with van der Waals surface area (Å²) in [4.78, 5) is 6.82. The molecule has 3 heteroatoms. The molecule has 0 N–H and O–H groups in total. The Morgan fingerprint density at radius 3 is 2.63 bits per heavy atom. The van der Waals surface area contributed by atoms with E-state index in [9.17, 15) is 4.39 Å². The van der Waals surface area contributed by atoms with E-state index < -0.39 is 6.17 Å². The minimum Gasteiger partial charge on any atom is -0.299 e. The fraction of sp³-hybridized carbons (Fsp3) is 0.438. The van der Waals surface area contributed by atoms with Crippen LogP contribution < -0.4 is 0 Å².